The van der Waals surface area contributed by atoms with Crippen LogP contribution in [0, 0.1) is 0 Å². The Bertz CT molecular complexity index is 1340. The number of thioether (sulfide) groups is 1. The van der Waals surface area contributed by atoms with Crippen LogP contribution in [0.15, 0.2) is 51.0 Å². The van der Waals surface area contributed by atoms with Crippen molar-refractivity contribution in [2.24, 2.45) is 7.05 Å². The van der Waals surface area contributed by atoms with Crippen LogP contribution in [0.3, 0.4) is 0 Å². The fourth-order valence-electron chi connectivity index (χ4n) is 3.36. The number of ether oxygens (including phenoxy) is 2. The SMILES string of the molecule is Cn1c(SCC(=O)Nc2ccc3c(c2)OCCCO3)nc2scc(-c3cccs3)c2c1=O. The summed E-state index contributed by atoms with van der Waals surface area (Å²) in [7, 11) is 1.69. The molecule has 7 nitrogen and oxygen atoms in total. The number of fused-ring (bicyclic) bond motifs is 2. The summed E-state index contributed by atoms with van der Waals surface area (Å²) in [6.07, 6.45) is 0.822. The van der Waals surface area contributed by atoms with Gasteiger partial charge in [0.2, 0.25) is 5.91 Å². The summed E-state index contributed by atoms with van der Waals surface area (Å²) in [5.41, 5.74) is 1.44. The van der Waals surface area contributed by atoms with E-state index in [4.69, 9.17) is 9.47 Å². The molecule has 1 N–H and O–H groups in total. The molecule has 1 aromatic carbocycles. The summed E-state index contributed by atoms with van der Waals surface area (Å²) in [5, 5.41) is 7.96. The third kappa shape index (κ3) is 4.13. The molecule has 0 saturated heterocycles. The normalized spacial score (nSPS) is 13.2. The number of carbonyl (C=O) groups is 1. The zero-order valence-electron chi connectivity index (χ0n) is 17.1. The van der Waals surface area contributed by atoms with Crippen LogP contribution in [-0.2, 0) is 11.8 Å². The maximum absolute atomic E-state index is 13.0. The number of benzene rings is 1. The fourth-order valence-corrected chi connectivity index (χ4v) is 5.94. The van der Waals surface area contributed by atoms with E-state index >= 15 is 0 Å². The highest BCUT2D eigenvalue weighted by molar-refractivity contribution is 7.99. The Balaban J connectivity index is 1.31. The molecule has 0 atom stereocenters. The number of nitrogens with one attached hydrogen (secondary N) is 1. The van der Waals surface area contributed by atoms with Crippen LogP contribution >= 0.6 is 34.4 Å². The van der Waals surface area contributed by atoms with Gasteiger partial charge in [0.15, 0.2) is 16.7 Å². The highest BCUT2D eigenvalue weighted by atomic mass is 32.2. The number of thiophene rings is 2. The van der Waals surface area contributed by atoms with Gasteiger partial charge in [-0.05, 0) is 23.6 Å². The van der Waals surface area contributed by atoms with E-state index in [1.165, 1.54) is 27.7 Å². The number of carbonyl (C=O) groups excluding carboxylic acids is 1. The van der Waals surface area contributed by atoms with Gasteiger partial charge >= 0.3 is 0 Å². The first kappa shape index (κ1) is 21.0. The molecular formula is C22H19N3O4S3. The minimum Gasteiger partial charge on any atom is -0.490 e. The number of hydrogen-bond acceptors (Lipinski definition) is 8. The molecule has 0 unspecified atom stereocenters. The molecule has 10 heteroatoms. The highest BCUT2D eigenvalue weighted by Crippen LogP contribution is 2.35. The van der Waals surface area contributed by atoms with Gasteiger partial charge in [-0.2, -0.15) is 0 Å². The Labute approximate surface area is 196 Å². The quantitative estimate of drug-likeness (QED) is 0.328. The molecule has 4 heterocycles. The summed E-state index contributed by atoms with van der Waals surface area (Å²) >= 11 is 4.27. The van der Waals surface area contributed by atoms with Crippen LogP contribution in [0.2, 0.25) is 0 Å². The van der Waals surface area contributed by atoms with E-state index in [0.717, 1.165) is 16.9 Å². The lowest BCUT2D eigenvalue weighted by molar-refractivity contribution is -0.113. The lowest BCUT2D eigenvalue weighted by atomic mass is 10.2. The van der Waals surface area contributed by atoms with Crippen LogP contribution in [0.25, 0.3) is 20.7 Å². The monoisotopic (exact) mass is 485 g/mol. The number of anilines is 1. The Morgan fingerprint density at radius 3 is 2.88 bits per heavy atom. The van der Waals surface area contributed by atoms with Crippen LogP contribution < -0.4 is 20.3 Å². The topological polar surface area (TPSA) is 82.5 Å². The maximum Gasteiger partial charge on any atom is 0.263 e. The van der Waals surface area contributed by atoms with Crippen molar-refractivity contribution in [1.29, 1.82) is 0 Å². The summed E-state index contributed by atoms with van der Waals surface area (Å²) in [4.78, 5) is 31.9. The van der Waals surface area contributed by atoms with Crippen molar-refractivity contribution in [3.8, 4) is 21.9 Å². The van der Waals surface area contributed by atoms with Gasteiger partial charge in [-0.15, -0.1) is 22.7 Å². The fraction of sp³-hybridized carbons (Fsp3) is 0.227. The standard InChI is InChI=1S/C22H19N3O4S3/c1-25-21(27)19-14(17-4-2-9-30-17)11-31-20(19)24-22(25)32-12-18(26)23-13-5-6-15-16(10-13)29-8-3-7-28-15/h2,4-6,9-11H,3,7-8,12H2,1H3,(H,23,26). The molecule has 5 rings (SSSR count). The number of rotatable bonds is 5. The van der Waals surface area contributed by atoms with Gasteiger partial charge in [0.25, 0.3) is 5.56 Å². The minimum atomic E-state index is -0.190. The second kappa shape index (κ2) is 8.97. The summed E-state index contributed by atoms with van der Waals surface area (Å²) in [6, 6.07) is 9.31. The first-order chi connectivity index (χ1) is 15.6. The van der Waals surface area contributed by atoms with Gasteiger partial charge in [-0.3, -0.25) is 14.2 Å². The molecule has 32 heavy (non-hydrogen) atoms. The molecule has 1 aliphatic heterocycles. The lowest BCUT2D eigenvalue weighted by Crippen LogP contribution is -2.21. The van der Waals surface area contributed by atoms with Gasteiger partial charge in [0.05, 0.1) is 24.4 Å². The zero-order chi connectivity index (χ0) is 22.1. The number of aromatic nitrogens is 2. The van der Waals surface area contributed by atoms with Crippen molar-refractivity contribution in [2.45, 2.75) is 11.6 Å². The van der Waals surface area contributed by atoms with Crippen LogP contribution in [0.5, 0.6) is 11.5 Å². The van der Waals surface area contributed by atoms with Crippen LogP contribution in [0.4, 0.5) is 5.69 Å². The number of nitrogens with zero attached hydrogens (tertiary/aromatic N) is 2. The second-order valence-corrected chi connectivity index (χ2v) is 9.86. The van der Waals surface area contributed by atoms with Crippen molar-refractivity contribution in [3.05, 3.63) is 51.4 Å². The largest absolute Gasteiger partial charge is 0.490 e. The van der Waals surface area contributed by atoms with E-state index in [-0.39, 0.29) is 17.2 Å². The predicted molar refractivity (Wildman–Crippen MR) is 130 cm³/mol. The van der Waals surface area contributed by atoms with Crippen LogP contribution in [0.1, 0.15) is 6.42 Å². The molecule has 0 fully saturated rings. The van der Waals surface area contributed by atoms with Crippen LogP contribution in [-0.4, -0.2) is 34.4 Å². The average molecular weight is 486 g/mol. The second-order valence-electron chi connectivity index (χ2n) is 7.11. The van der Waals surface area contributed by atoms with E-state index in [2.05, 4.69) is 10.3 Å². The molecule has 0 aliphatic carbocycles. The molecule has 0 radical (unpaired) electrons. The molecule has 0 bridgehead atoms. The smallest absolute Gasteiger partial charge is 0.263 e. The highest BCUT2D eigenvalue weighted by Gasteiger charge is 2.17. The average Bonchev–Trinajstić information content (AvgIpc) is 3.40. The Hall–Kier alpha value is -2.82. The molecular weight excluding hydrogens is 466 g/mol. The lowest BCUT2D eigenvalue weighted by Gasteiger charge is -2.11. The Morgan fingerprint density at radius 2 is 2.06 bits per heavy atom. The van der Waals surface area contributed by atoms with E-state index in [9.17, 15) is 9.59 Å². The van der Waals surface area contributed by atoms with E-state index in [0.29, 0.717) is 45.8 Å². The molecule has 4 aromatic rings. The molecule has 164 valence electrons. The molecule has 3 aromatic heterocycles. The van der Waals surface area contributed by atoms with Gasteiger partial charge in [0, 0.05) is 41.0 Å². The minimum absolute atomic E-state index is 0.106. The number of amides is 1. The first-order valence-electron chi connectivity index (χ1n) is 9.94. The zero-order valence-corrected chi connectivity index (χ0v) is 19.6. The van der Waals surface area contributed by atoms with E-state index in [1.807, 2.05) is 22.9 Å². The Kier molecular flexibility index (Phi) is 5.90. The molecule has 0 spiro atoms. The summed E-state index contributed by atoms with van der Waals surface area (Å²) in [6.45, 7) is 1.20. The van der Waals surface area contributed by atoms with Crippen molar-refractivity contribution >= 4 is 56.2 Å². The van der Waals surface area contributed by atoms with Gasteiger partial charge in [0.1, 0.15) is 4.83 Å². The summed E-state index contributed by atoms with van der Waals surface area (Å²) < 4.78 is 12.8. The maximum atomic E-state index is 13.0. The molecule has 1 aliphatic rings. The van der Waals surface area contributed by atoms with Crippen molar-refractivity contribution in [3.63, 3.8) is 0 Å². The third-order valence-electron chi connectivity index (χ3n) is 4.92. The van der Waals surface area contributed by atoms with Crippen molar-refractivity contribution in [1.82, 2.24) is 9.55 Å². The van der Waals surface area contributed by atoms with Gasteiger partial charge in [-0.1, -0.05) is 17.8 Å². The molecule has 0 saturated carbocycles. The summed E-state index contributed by atoms with van der Waals surface area (Å²) in [5.74, 6) is 1.25. The third-order valence-corrected chi connectivity index (χ3v) is 7.73. The number of hydrogen-bond donors (Lipinski definition) is 1. The molecule has 1 amide bonds. The van der Waals surface area contributed by atoms with E-state index in [1.54, 1.807) is 36.6 Å². The van der Waals surface area contributed by atoms with Crippen molar-refractivity contribution < 1.29 is 14.3 Å². The first-order valence-corrected chi connectivity index (χ1v) is 12.7. The van der Waals surface area contributed by atoms with Gasteiger partial charge < -0.3 is 14.8 Å². The Morgan fingerprint density at radius 1 is 1.22 bits per heavy atom. The van der Waals surface area contributed by atoms with E-state index < -0.39 is 0 Å². The van der Waals surface area contributed by atoms with Gasteiger partial charge in [-0.25, -0.2) is 4.98 Å². The van der Waals surface area contributed by atoms with Crippen molar-refractivity contribution in [2.75, 3.05) is 24.3 Å². The predicted octanol–water partition coefficient (Wildman–Crippen LogP) is 4.62.